The summed E-state index contributed by atoms with van der Waals surface area (Å²) in [6.07, 6.45) is -1.20. The van der Waals surface area contributed by atoms with Crippen molar-refractivity contribution in [2.75, 3.05) is 11.9 Å². The van der Waals surface area contributed by atoms with E-state index in [2.05, 4.69) is 5.32 Å². The number of benzene rings is 1. The van der Waals surface area contributed by atoms with Crippen LogP contribution in [0.2, 0.25) is 0 Å². The van der Waals surface area contributed by atoms with Gasteiger partial charge in [0.05, 0.1) is 5.54 Å². The molecule has 0 spiro atoms. The number of nitrogens with two attached hydrogens (primary N) is 1. The first-order valence-corrected chi connectivity index (χ1v) is 6.03. The number of carbonyl (C=O) groups excluding carboxylic acids is 1. The maximum absolute atomic E-state index is 12.1. The van der Waals surface area contributed by atoms with Crippen molar-refractivity contribution < 1.29 is 18.3 Å². The molecule has 112 valence electrons. The largest absolute Gasteiger partial charge is 0.487 e. The smallest absolute Gasteiger partial charge is 0.272 e. The molecule has 20 heavy (non-hydrogen) atoms. The van der Waals surface area contributed by atoms with E-state index in [0.29, 0.717) is 24.3 Å². The van der Waals surface area contributed by atoms with Crippen molar-refractivity contribution in [3.8, 4) is 5.75 Å². The van der Waals surface area contributed by atoms with Gasteiger partial charge in [0.1, 0.15) is 12.4 Å². The van der Waals surface area contributed by atoms with Crippen LogP contribution >= 0.6 is 12.4 Å². The van der Waals surface area contributed by atoms with Crippen molar-refractivity contribution in [2.24, 2.45) is 5.73 Å². The van der Waals surface area contributed by atoms with Gasteiger partial charge < -0.3 is 15.8 Å². The van der Waals surface area contributed by atoms with Gasteiger partial charge in [-0.05, 0) is 31.4 Å². The molecule has 0 aromatic heterocycles. The first-order chi connectivity index (χ1) is 8.90. The molecule has 2 rings (SSSR count). The number of halogens is 3. The fraction of sp³-hybridized carbons (Fsp3) is 0.462. The van der Waals surface area contributed by atoms with Crippen LogP contribution in [-0.4, -0.2) is 24.5 Å². The number of hydrogen-bond acceptors (Lipinski definition) is 3. The van der Waals surface area contributed by atoms with Gasteiger partial charge in [0, 0.05) is 11.8 Å². The molecule has 0 heterocycles. The first kappa shape index (κ1) is 16.7. The Balaban J connectivity index is 0.00000200. The molecule has 1 aromatic carbocycles. The average molecular weight is 307 g/mol. The summed E-state index contributed by atoms with van der Waals surface area (Å²) >= 11 is 0. The molecule has 3 N–H and O–H groups in total. The van der Waals surface area contributed by atoms with E-state index in [-0.39, 0.29) is 18.3 Å². The summed E-state index contributed by atoms with van der Waals surface area (Å²) in [5.41, 5.74) is 6.22. The van der Waals surface area contributed by atoms with Gasteiger partial charge in [-0.2, -0.15) is 0 Å². The lowest BCUT2D eigenvalue weighted by Gasteiger charge is -2.13. The van der Waals surface area contributed by atoms with Crippen molar-refractivity contribution in [3.63, 3.8) is 0 Å². The molecule has 1 fully saturated rings. The number of amides is 1. The van der Waals surface area contributed by atoms with Crippen LogP contribution in [0, 0.1) is 6.92 Å². The number of aryl methyl sites for hydroxylation is 1. The van der Waals surface area contributed by atoms with E-state index in [9.17, 15) is 13.6 Å². The van der Waals surface area contributed by atoms with Crippen LogP contribution in [0.5, 0.6) is 5.75 Å². The van der Waals surface area contributed by atoms with Gasteiger partial charge in [-0.15, -0.1) is 12.4 Å². The molecule has 0 aliphatic heterocycles. The van der Waals surface area contributed by atoms with Crippen LogP contribution in [0.3, 0.4) is 0 Å². The maximum atomic E-state index is 12.1. The summed E-state index contributed by atoms with van der Waals surface area (Å²) in [7, 11) is 0. The van der Waals surface area contributed by atoms with Gasteiger partial charge in [0.2, 0.25) is 5.91 Å². The van der Waals surface area contributed by atoms with Crippen LogP contribution in [0.4, 0.5) is 14.5 Å². The Morgan fingerprint density at radius 1 is 1.50 bits per heavy atom. The van der Waals surface area contributed by atoms with Gasteiger partial charge in [-0.25, -0.2) is 8.78 Å². The number of anilines is 1. The number of nitrogens with one attached hydrogen (secondary N) is 1. The molecular weight excluding hydrogens is 290 g/mol. The predicted octanol–water partition coefficient (Wildman–Crippen LogP) is 2.49. The number of carbonyl (C=O) groups is 1. The SMILES string of the molecule is Cc1ccc(NC(=O)C2(N)CC2)cc1OCC(F)F.Cl. The Morgan fingerprint density at radius 2 is 2.15 bits per heavy atom. The van der Waals surface area contributed by atoms with Crippen LogP contribution in [0.25, 0.3) is 0 Å². The second-order valence-corrected chi connectivity index (χ2v) is 4.79. The van der Waals surface area contributed by atoms with E-state index in [4.69, 9.17) is 10.5 Å². The molecule has 1 aliphatic rings. The zero-order chi connectivity index (χ0) is 14.0. The zero-order valence-electron chi connectivity index (χ0n) is 11.0. The third-order valence-corrected chi connectivity index (χ3v) is 3.05. The van der Waals surface area contributed by atoms with Gasteiger partial charge in [-0.1, -0.05) is 6.07 Å². The summed E-state index contributed by atoms with van der Waals surface area (Å²) < 4.78 is 29.2. The first-order valence-electron chi connectivity index (χ1n) is 6.03. The quantitative estimate of drug-likeness (QED) is 0.878. The van der Waals surface area contributed by atoms with Crippen molar-refractivity contribution in [1.29, 1.82) is 0 Å². The highest BCUT2D eigenvalue weighted by Gasteiger charge is 2.45. The number of ether oxygens (including phenoxy) is 1. The summed E-state index contributed by atoms with van der Waals surface area (Å²) in [5, 5.41) is 2.67. The lowest BCUT2D eigenvalue weighted by molar-refractivity contribution is -0.118. The molecule has 4 nitrogen and oxygen atoms in total. The lowest BCUT2D eigenvalue weighted by Crippen LogP contribution is -2.37. The normalized spacial score (nSPS) is 15.4. The van der Waals surface area contributed by atoms with Gasteiger partial charge in [0.15, 0.2) is 0 Å². The summed E-state index contributed by atoms with van der Waals surface area (Å²) in [6.45, 7) is 1.08. The Morgan fingerprint density at radius 3 is 2.70 bits per heavy atom. The lowest BCUT2D eigenvalue weighted by atomic mass is 10.2. The van der Waals surface area contributed by atoms with Crippen LogP contribution < -0.4 is 15.8 Å². The highest BCUT2D eigenvalue weighted by atomic mass is 35.5. The van der Waals surface area contributed by atoms with E-state index in [1.165, 1.54) is 6.07 Å². The second-order valence-electron chi connectivity index (χ2n) is 4.79. The fourth-order valence-corrected chi connectivity index (χ4v) is 1.60. The zero-order valence-corrected chi connectivity index (χ0v) is 11.8. The van der Waals surface area contributed by atoms with E-state index in [1.54, 1.807) is 19.1 Å². The molecule has 7 heteroatoms. The van der Waals surface area contributed by atoms with E-state index < -0.39 is 18.6 Å². The van der Waals surface area contributed by atoms with Crippen LogP contribution in [0.15, 0.2) is 18.2 Å². The van der Waals surface area contributed by atoms with E-state index >= 15 is 0 Å². The Labute approximate surface area is 122 Å². The van der Waals surface area contributed by atoms with Crippen LogP contribution in [-0.2, 0) is 4.79 Å². The monoisotopic (exact) mass is 306 g/mol. The molecule has 1 aromatic rings. The number of hydrogen-bond donors (Lipinski definition) is 2. The van der Waals surface area contributed by atoms with Crippen LogP contribution in [0.1, 0.15) is 18.4 Å². The molecule has 0 saturated heterocycles. The third-order valence-electron chi connectivity index (χ3n) is 3.05. The number of alkyl halides is 2. The minimum absolute atomic E-state index is 0. The van der Waals surface area contributed by atoms with Crippen molar-refractivity contribution >= 4 is 24.0 Å². The van der Waals surface area contributed by atoms with Gasteiger partial charge >= 0.3 is 0 Å². The molecular formula is C13H17ClF2N2O2. The highest BCUT2D eigenvalue weighted by Crippen LogP contribution is 2.33. The van der Waals surface area contributed by atoms with Gasteiger partial charge in [0.25, 0.3) is 6.43 Å². The van der Waals surface area contributed by atoms with Gasteiger partial charge in [-0.3, -0.25) is 4.79 Å². The summed E-state index contributed by atoms with van der Waals surface area (Å²) in [6, 6.07) is 4.92. The van der Waals surface area contributed by atoms with Crippen molar-refractivity contribution in [1.82, 2.24) is 0 Å². The topological polar surface area (TPSA) is 64.4 Å². The molecule has 0 bridgehead atoms. The standard InChI is InChI=1S/C13H16F2N2O2.ClH/c1-8-2-3-9(6-10(8)19-7-11(14)15)17-12(18)13(16)4-5-13;/h2-3,6,11H,4-5,7,16H2,1H3,(H,17,18);1H. The molecule has 1 saturated carbocycles. The maximum Gasteiger partial charge on any atom is 0.272 e. The predicted molar refractivity (Wildman–Crippen MR) is 74.7 cm³/mol. The Kier molecular flexibility index (Phi) is 5.30. The van der Waals surface area contributed by atoms with E-state index in [0.717, 1.165) is 5.56 Å². The minimum Gasteiger partial charge on any atom is -0.487 e. The van der Waals surface area contributed by atoms with Crippen molar-refractivity contribution in [2.45, 2.75) is 31.7 Å². The highest BCUT2D eigenvalue weighted by molar-refractivity contribution is 6.00. The summed E-state index contributed by atoms with van der Waals surface area (Å²) in [4.78, 5) is 11.8. The molecule has 0 radical (unpaired) electrons. The molecule has 0 unspecified atom stereocenters. The molecule has 0 atom stereocenters. The van der Waals surface area contributed by atoms with E-state index in [1.807, 2.05) is 0 Å². The number of rotatable bonds is 5. The van der Waals surface area contributed by atoms with Crippen molar-refractivity contribution in [3.05, 3.63) is 23.8 Å². The molecule has 1 amide bonds. The summed E-state index contributed by atoms with van der Waals surface area (Å²) in [5.74, 6) is 0.0798. The Bertz CT molecular complexity index is 493. The fourth-order valence-electron chi connectivity index (χ4n) is 1.60. The third kappa shape index (κ3) is 4.05. The second kappa shape index (κ2) is 6.37. The average Bonchev–Trinajstić information content (AvgIpc) is 3.09. The Hall–Kier alpha value is -1.40. The minimum atomic E-state index is -2.53. The molecule has 1 aliphatic carbocycles.